The van der Waals surface area contributed by atoms with Gasteiger partial charge in [0, 0.05) is 63.2 Å². The van der Waals surface area contributed by atoms with Crippen molar-refractivity contribution in [2.24, 2.45) is 0 Å². The van der Waals surface area contributed by atoms with Crippen molar-refractivity contribution >= 4 is 27.8 Å². The lowest BCUT2D eigenvalue weighted by molar-refractivity contribution is -0.137. The van der Waals surface area contributed by atoms with E-state index >= 15 is 0 Å². The first kappa shape index (κ1) is 26.9. The van der Waals surface area contributed by atoms with Gasteiger partial charge in [0.2, 0.25) is 0 Å². The SMILES string of the molecule is CCO[C@H]1CN(c2nccs2)C[C@H]1Nc1c(C)nc(-c2ccc(N(C)C)cc2C(F)(F)F)n(CC)c1=O. The maximum atomic E-state index is 14.1. The minimum absolute atomic E-state index is 0.00891. The number of benzene rings is 1. The van der Waals surface area contributed by atoms with Crippen LogP contribution in [-0.4, -0.2) is 60.5 Å². The molecule has 1 aliphatic heterocycles. The molecule has 2 atom stereocenters. The van der Waals surface area contributed by atoms with Gasteiger partial charge in [-0.1, -0.05) is 0 Å². The highest BCUT2D eigenvalue weighted by atomic mass is 32.1. The van der Waals surface area contributed by atoms with Crippen molar-refractivity contribution in [1.29, 1.82) is 0 Å². The van der Waals surface area contributed by atoms with Crippen molar-refractivity contribution < 1.29 is 17.9 Å². The third-order valence-corrected chi connectivity index (χ3v) is 7.23. The molecule has 8 nitrogen and oxygen atoms in total. The van der Waals surface area contributed by atoms with Crippen LogP contribution in [0.5, 0.6) is 0 Å². The van der Waals surface area contributed by atoms with E-state index in [2.05, 4.69) is 20.2 Å². The maximum Gasteiger partial charge on any atom is 0.417 e. The predicted molar refractivity (Wildman–Crippen MR) is 141 cm³/mol. The largest absolute Gasteiger partial charge is 0.417 e. The van der Waals surface area contributed by atoms with Gasteiger partial charge in [-0.2, -0.15) is 13.2 Å². The summed E-state index contributed by atoms with van der Waals surface area (Å²) in [5.74, 6) is -0.00891. The summed E-state index contributed by atoms with van der Waals surface area (Å²) in [7, 11) is 3.35. The van der Waals surface area contributed by atoms with Crippen LogP contribution in [0.3, 0.4) is 0 Å². The van der Waals surface area contributed by atoms with Crippen molar-refractivity contribution in [2.75, 3.05) is 48.9 Å². The summed E-state index contributed by atoms with van der Waals surface area (Å²) in [6.45, 7) is 7.11. The average Bonchev–Trinajstić information content (AvgIpc) is 3.51. The van der Waals surface area contributed by atoms with E-state index in [1.807, 2.05) is 12.3 Å². The molecule has 0 spiro atoms. The van der Waals surface area contributed by atoms with Gasteiger partial charge < -0.3 is 19.9 Å². The number of rotatable bonds is 8. The van der Waals surface area contributed by atoms with Crippen molar-refractivity contribution in [3.8, 4) is 11.4 Å². The molecule has 1 aromatic carbocycles. The summed E-state index contributed by atoms with van der Waals surface area (Å²) in [6.07, 6.45) is -3.07. The van der Waals surface area contributed by atoms with E-state index in [0.29, 0.717) is 31.1 Å². The molecule has 0 bridgehead atoms. The molecule has 1 N–H and O–H groups in total. The average molecular weight is 537 g/mol. The Morgan fingerprint density at radius 2 is 2.00 bits per heavy atom. The van der Waals surface area contributed by atoms with Crippen molar-refractivity contribution in [1.82, 2.24) is 14.5 Å². The van der Waals surface area contributed by atoms with Crippen molar-refractivity contribution in [3.63, 3.8) is 0 Å². The fourth-order valence-corrected chi connectivity index (χ4v) is 5.24. The Labute approximate surface area is 217 Å². The Morgan fingerprint density at radius 1 is 1.24 bits per heavy atom. The molecule has 0 radical (unpaired) electrons. The first-order chi connectivity index (χ1) is 17.5. The molecule has 0 unspecified atom stereocenters. The van der Waals surface area contributed by atoms with Gasteiger partial charge >= 0.3 is 6.18 Å². The quantitative estimate of drug-likeness (QED) is 0.455. The highest BCUT2D eigenvalue weighted by molar-refractivity contribution is 7.13. The van der Waals surface area contributed by atoms with Gasteiger partial charge in [-0.25, -0.2) is 9.97 Å². The van der Waals surface area contributed by atoms with Crippen LogP contribution in [0.1, 0.15) is 25.1 Å². The number of aromatic nitrogens is 3. The number of nitrogens with zero attached hydrogens (tertiary/aromatic N) is 5. The van der Waals surface area contributed by atoms with Gasteiger partial charge in [-0.3, -0.25) is 9.36 Å². The normalized spacial score (nSPS) is 17.9. The highest BCUT2D eigenvalue weighted by Gasteiger charge is 2.37. The summed E-state index contributed by atoms with van der Waals surface area (Å²) >= 11 is 1.52. The van der Waals surface area contributed by atoms with Crippen LogP contribution in [0.4, 0.5) is 29.7 Å². The van der Waals surface area contributed by atoms with Gasteiger partial charge in [0.15, 0.2) is 5.13 Å². The lowest BCUT2D eigenvalue weighted by Gasteiger charge is -2.23. The number of nitrogens with one attached hydrogen (secondary N) is 1. The van der Waals surface area contributed by atoms with Crippen LogP contribution in [0.25, 0.3) is 11.4 Å². The second kappa shape index (κ2) is 10.7. The number of alkyl halides is 3. The van der Waals surface area contributed by atoms with Gasteiger partial charge in [0.05, 0.1) is 23.4 Å². The molecule has 1 aliphatic rings. The Kier molecular flexibility index (Phi) is 7.79. The first-order valence-corrected chi connectivity index (χ1v) is 13.0. The van der Waals surface area contributed by atoms with Gasteiger partial charge in [0.25, 0.3) is 5.56 Å². The maximum absolute atomic E-state index is 14.1. The zero-order valence-corrected chi connectivity index (χ0v) is 22.3. The van der Waals surface area contributed by atoms with Crippen LogP contribution in [0, 0.1) is 6.92 Å². The minimum Gasteiger partial charge on any atom is -0.378 e. The van der Waals surface area contributed by atoms with E-state index in [1.54, 1.807) is 45.1 Å². The van der Waals surface area contributed by atoms with Crippen LogP contribution in [0.15, 0.2) is 34.6 Å². The summed E-state index contributed by atoms with van der Waals surface area (Å²) in [4.78, 5) is 26.2. The smallest absolute Gasteiger partial charge is 0.378 e. The second-order valence-corrected chi connectivity index (χ2v) is 9.90. The fourth-order valence-electron chi connectivity index (χ4n) is 4.58. The lowest BCUT2D eigenvalue weighted by atomic mass is 10.0. The molecular formula is C25H31F3N6O2S. The number of hydrogen-bond acceptors (Lipinski definition) is 8. The molecule has 3 aromatic rings. The van der Waals surface area contributed by atoms with Crippen LogP contribution < -0.4 is 20.7 Å². The standard InChI is InChI=1S/C25H31F3N6O2S/c1-6-34-22(17-9-8-16(32(4)5)12-18(17)25(26,27)28)30-15(3)21(23(34)35)31-19-13-33(14-20(19)36-7-2)24-29-10-11-37-24/h8-12,19-20,31H,6-7,13-14H2,1-5H3/t19-,20+/m1/s1. The second-order valence-electron chi connectivity index (χ2n) is 9.03. The number of hydrogen-bond donors (Lipinski definition) is 1. The number of aryl methyl sites for hydroxylation is 1. The molecule has 4 rings (SSSR count). The molecule has 0 saturated carbocycles. The minimum atomic E-state index is -4.61. The van der Waals surface area contributed by atoms with Crippen LogP contribution >= 0.6 is 11.3 Å². The van der Waals surface area contributed by atoms with Crippen LogP contribution in [0.2, 0.25) is 0 Å². The summed E-state index contributed by atoms with van der Waals surface area (Å²) in [6, 6.07) is 3.84. The van der Waals surface area contributed by atoms with E-state index in [4.69, 9.17) is 4.74 Å². The van der Waals surface area contributed by atoms with Crippen molar-refractivity contribution in [3.05, 3.63) is 51.4 Å². The fraction of sp³-hybridized carbons (Fsp3) is 0.480. The number of anilines is 3. The topological polar surface area (TPSA) is 75.5 Å². The molecule has 1 saturated heterocycles. The van der Waals surface area contributed by atoms with Gasteiger partial charge in [0.1, 0.15) is 11.5 Å². The molecular weight excluding hydrogens is 505 g/mol. The Hall–Kier alpha value is -3.12. The third-order valence-electron chi connectivity index (χ3n) is 6.40. The third kappa shape index (κ3) is 5.45. The molecule has 1 fully saturated rings. The summed E-state index contributed by atoms with van der Waals surface area (Å²) in [5.41, 5.74) is -0.381. The summed E-state index contributed by atoms with van der Waals surface area (Å²) < 4.78 is 49.4. The van der Waals surface area contributed by atoms with E-state index in [-0.39, 0.29) is 35.8 Å². The van der Waals surface area contributed by atoms with E-state index < -0.39 is 17.3 Å². The predicted octanol–water partition coefficient (Wildman–Crippen LogP) is 4.49. The molecule has 3 heterocycles. The number of halogens is 3. The van der Waals surface area contributed by atoms with Gasteiger partial charge in [-0.15, -0.1) is 11.3 Å². The Bertz CT molecular complexity index is 1290. The Balaban J connectivity index is 1.74. The highest BCUT2D eigenvalue weighted by Crippen LogP contribution is 2.38. The Morgan fingerprint density at radius 3 is 2.59 bits per heavy atom. The lowest BCUT2D eigenvalue weighted by Crippen LogP contribution is -2.38. The zero-order chi connectivity index (χ0) is 26.9. The zero-order valence-electron chi connectivity index (χ0n) is 21.5. The molecule has 12 heteroatoms. The van der Waals surface area contributed by atoms with E-state index in [0.717, 1.165) is 11.2 Å². The molecule has 2 aromatic heterocycles. The van der Waals surface area contributed by atoms with Crippen molar-refractivity contribution in [2.45, 2.75) is 45.6 Å². The van der Waals surface area contributed by atoms with Crippen LogP contribution in [-0.2, 0) is 17.5 Å². The van der Waals surface area contributed by atoms with E-state index in [1.165, 1.54) is 22.0 Å². The van der Waals surface area contributed by atoms with Gasteiger partial charge in [-0.05, 0) is 39.0 Å². The monoisotopic (exact) mass is 536 g/mol. The molecule has 37 heavy (non-hydrogen) atoms. The molecule has 200 valence electrons. The molecule has 0 aliphatic carbocycles. The summed E-state index contributed by atoms with van der Waals surface area (Å²) in [5, 5.41) is 6.08. The van der Waals surface area contributed by atoms with E-state index in [9.17, 15) is 18.0 Å². The molecule has 0 amide bonds. The number of ether oxygens (including phenoxy) is 1. The number of thiazole rings is 1. The first-order valence-electron chi connectivity index (χ1n) is 12.1.